The van der Waals surface area contributed by atoms with Crippen LogP contribution in [0.1, 0.15) is 71.7 Å². The standard InChI is InChI=1S/C34H47N5O10/c1-6-32(4)13-23(33(5)18(2)7-10-34(19(3)29(32)45)11-8-21(41)28(33)34)49-25(43)15-38-14-20(36-37-38)17-47-27-26(44)22(16-40)48-30(27)39-12-9-24(42)35-31(39)46/h6,9,12,14,18-19,22-23,26-30,40,44-45H,1,7-8,10-11,13,15-17H2,2-5H3,(H,35,42,46)/t18-,19+,22-,23-,26-,27-,28-,29+,30-,32-,33+,34+/m1/s1. The quantitative estimate of drug-likeness (QED) is 0.214. The van der Waals surface area contributed by atoms with Crippen molar-refractivity contribution in [2.24, 2.45) is 34.0 Å². The number of esters is 1. The van der Waals surface area contributed by atoms with Gasteiger partial charge in [-0.2, -0.15) is 0 Å². The molecule has 268 valence electrons. The van der Waals surface area contributed by atoms with Crippen LogP contribution in [-0.2, 0) is 37.0 Å². The van der Waals surface area contributed by atoms with Crippen LogP contribution in [0.5, 0.6) is 0 Å². The van der Waals surface area contributed by atoms with Crippen LogP contribution in [0.3, 0.4) is 0 Å². The Morgan fingerprint density at radius 3 is 2.67 bits per heavy atom. The monoisotopic (exact) mass is 685 g/mol. The second-order valence-corrected chi connectivity index (χ2v) is 15.0. The van der Waals surface area contributed by atoms with Crippen molar-refractivity contribution in [1.29, 1.82) is 0 Å². The van der Waals surface area contributed by atoms with Crippen LogP contribution in [0, 0.1) is 34.0 Å². The third-order valence-corrected chi connectivity index (χ3v) is 12.5. The van der Waals surface area contributed by atoms with Crippen molar-refractivity contribution >= 4 is 11.8 Å². The zero-order valence-electron chi connectivity index (χ0n) is 28.4. The lowest BCUT2D eigenvalue weighted by Crippen LogP contribution is -2.63. The van der Waals surface area contributed by atoms with Crippen molar-refractivity contribution in [3.63, 3.8) is 0 Å². The van der Waals surface area contributed by atoms with Crippen molar-refractivity contribution in [2.75, 3.05) is 6.61 Å². The van der Waals surface area contributed by atoms with E-state index in [0.717, 1.165) is 23.5 Å². The molecule has 4 aliphatic rings. The van der Waals surface area contributed by atoms with Crippen LogP contribution in [-0.4, -0.2) is 88.7 Å². The number of carbonyl (C=O) groups is 2. The van der Waals surface area contributed by atoms with Gasteiger partial charge in [-0.05, 0) is 42.9 Å². The number of ketones is 1. The van der Waals surface area contributed by atoms with Crippen LogP contribution in [0.25, 0.3) is 0 Å². The first-order valence-corrected chi connectivity index (χ1v) is 17.0. The minimum absolute atomic E-state index is 0.0910. The predicted octanol–water partition coefficient (Wildman–Crippen LogP) is 0.871. The van der Waals surface area contributed by atoms with Crippen molar-refractivity contribution < 1.29 is 39.1 Å². The van der Waals surface area contributed by atoms with Crippen molar-refractivity contribution in [3.05, 3.63) is 57.6 Å². The first kappa shape index (κ1) is 35.3. The van der Waals surface area contributed by atoms with Crippen molar-refractivity contribution in [3.8, 4) is 0 Å². The fourth-order valence-electron chi connectivity index (χ4n) is 9.39. The number of rotatable bonds is 9. The topological polar surface area (TPSA) is 208 Å². The average Bonchev–Trinajstić information content (AvgIpc) is 3.75. The Hall–Kier alpha value is -3.50. The van der Waals surface area contributed by atoms with Gasteiger partial charge in [-0.25, -0.2) is 9.48 Å². The Labute approximate surface area is 283 Å². The van der Waals surface area contributed by atoms with Crippen LogP contribution in [0.2, 0.25) is 0 Å². The molecule has 1 saturated heterocycles. The number of hydrogen-bond donors (Lipinski definition) is 4. The van der Waals surface area contributed by atoms with E-state index in [2.05, 4.69) is 42.6 Å². The smallest absolute Gasteiger partial charge is 0.330 e. The highest BCUT2D eigenvalue weighted by Gasteiger charge is 2.68. The average molecular weight is 686 g/mol. The first-order valence-electron chi connectivity index (χ1n) is 17.0. The molecule has 2 aromatic heterocycles. The van der Waals surface area contributed by atoms with Gasteiger partial charge < -0.3 is 29.5 Å². The molecule has 3 aliphatic carbocycles. The lowest BCUT2D eigenvalue weighted by Gasteiger charge is -2.61. The largest absolute Gasteiger partial charge is 0.460 e. The normalized spacial score (nSPS) is 40.4. The SMILES string of the molecule is C=C[C@]1(C)C[C@@H](OC(=O)Cn2cc(CO[C@@H]3[C@H](O)[C@@H](CO)O[C@H]3n3ccc(=O)[nH]c3=O)nn2)[C@]2(C)[C@H](C)CC[C@]3(CCC(=O)[C@@H]32)[C@@H](C)[C@@H]1O. The van der Waals surface area contributed by atoms with Gasteiger partial charge in [0.05, 0.1) is 25.5 Å². The Bertz CT molecular complexity index is 1710. The third-order valence-electron chi connectivity index (χ3n) is 12.5. The molecule has 4 fully saturated rings. The maximum Gasteiger partial charge on any atom is 0.330 e. The van der Waals surface area contributed by atoms with Crippen LogP contribution in [0.4, 0.5) is 0 Å². The molecule has 0 aromatic carbocycles. The Morgan fingerprint density at radius 1 is 1.22 bits per heavy atom. The summed E-state index contributed by atoms with van der Waals surface area (Å²) < 4.78 is 20.2. The molecule has 15 heteroatoms. The molecule has 0 radical (unpaired) electrons. The summed E-state index contributed by atoms with van der Waals surface area (Å²) in [6, 6.07) is 1.12. The molecule has 4 N–H and O–H groups in total. The minimum Gasteiger partial charge on any atom is -0.460 e. The lowest BCUT2D eigenvalue weighted by atomic mass is 9.44. The Morgan fingerprint density at radius 2 is 1.98 bits per heavy atom. The summed E-state index contributed by atoms with van der Waals surface area (Å²) in [6.45, 7) is 11.2. The molecule has 2 aromatic rings. The number of H-pyrrole nitrogens is 1. The van der Waals surface area contributed by atoms with Crippen molar-refractivity contribution in [1.82, 2.24) is 24.5 Å². The summed E-state index contributed by atoms with van der Waals surface area (Å²) >= 11 is 0. The zero-order valence-corrected chi connectivity index (χ0v) is 28.4. The highest BCUT2D eigenvalue weighted by molar-refractivity contribution is 5.85. The van der Waals surface area contributed by atoms with Crippen LogP contribution < -0.4 is 11.2 Å². The molecule has 2 bridgehead atoms. The number of aliphatic hydroxyl groups is 3. The van der Waals surface area contributed by atoms with E-state index in [1.54, 1.807) is 6.08 Å². The molecule has 49 heavy (non-hydrogen) atoms. The molecule has 3 saturated carbocycles. The van der Waals surface area contributed by atoms with E-state index in [9.17, 15) is 34.5 Å². The minimum atomic E-state index is -1.31. The van der Waals surface area contributed by atoms with Gasteiger partial charge in [-0.3, -0.25) is 23.9 Å². The van der Waals surface area contributed by atoms with Gasteiger partial charge in [0, 0.05) is 35.4 Å². The molecular formula is C34H47N5O10. The van der Waals surface area contributed by atoms with E-state index >= 15 is 0 Å². The molecular weight excluding hydrogens is 638 g/mol. The van der Waals surface area contributed by atoms with E-state index in [4.69, 9.17) is 14.2 Å². The van der Waals surface area contributed by atoms with Gasteiger partial charge in [-0.1, -0.05) is 39.0 Å². The number of Topliss-reactive ketones (excluding diaryl/α,β-unsaturated/α-hetero) is 1. The number of carbonyl (C=O) groups excluding carboxylic acids is 2. The summed E-state index contributed by atoms with van der Waals surface area (Å²) in [4.78, 5) is 53.3. The number of aromatic nitrogens is 5. The van der Waals surface area contributed by atoms with Crippen molar-refractivity contribution in [2.45, 2.75) is 110 Å². The Kier molecular flexibility index (Phi) is 9.37. The highest BCUT2D eigenvalue weighted by Crippen LogP contribution is 2.68. The van der Waals surface area contributed by atoms with Gasteiger partial charge in [-0.15, -0.1) is 11.7 Å². The summed E-state index contributed by atoms with van der Waals surface area (Å²) in [7, 11) is 0. The fraction of sp³-hybridized carbons (Fsp3) is 0.706. The van der Waals surface area contributed by atoms with Gasteiger partial charge in [0.15, 0.2) is 6.23 Å². The van der Waals surface area contributed by atoms with E-state index in [-0.39, 0.29) is 42.1 Å². The second kappa shape index (κ2) is 13.0. The number of aromatic amines is 1. The third kappa shape index (κ3) is 5.82. The molecule has 0 spiro atoms. The van der Waals surface area contributed by atoms with Gasteiger partial charge in [0.2, 0.25) is 0 Å². The van der Waals surface area contributed by atoms with E-state index < -0.39 is 71.4 Å². The van der Waals surface area contributed by atoms with E-state index in [1.807, 2.05) is 6.92 Å². The van der Waals surface area contributed by atoms with Crippen LogP contribution in [0.15, 0.2) is 40.7 Å². The van der Waals surface area contributed by atoms with E-state index in [0.29, 0.717) is 25.0 Å². The maximum absolute atomic E-state index is 13.6. The van der Waals surface area contributed by atoms with Gasteiger partial charge >= 0.3 is 11.7 Å². The molecule has 1 aliphatic heterocycles. The number of hydrogen-bond acceptors (Lipinski definition) is 12. The lowest BCUT2D eigenvalue weighted by molar-refractivity contribution is -0.207. The molecule has 12 atom stereocenters. The zero-order chi connectivity index (χ0) is 35.5. The summed E-state index contributed by atoms with van der Waals surface area (Å²) in [5.41, 5.74) is -2.87. The summed E-state index contributed by atoms with van der Waals surface area (Å²) in [6.07, 6.45) is 1.57. The molecule has 15 nitrogen and oxygen atoms in total. The molecule has 6 rings (SSSR count). The first-order chi connectivity index (χ1) is 23.2. The molecule has 0 amide bonds. The number of ether oxygens (including phenoxy) is 3. The maximum atomic E-state index is 13.6. The highest BCUT2D eigenvalue weighted by atomic mass is 16.6. The fourth-order valence-corrected chi connectivity index (χ4v) is 9.39. The van der Waals surface area contributed by atoms with Gasteiger partial charge in [0.1, 0.15) is 42.4 Å². The molecule has 3 heterocycles. The Balaban J connectivity index is 1.18. The van der Waals surface area contributed by atoms with Crippen LogP contribution >= 0.6 is 0 Å². The molecule has 0 unspecified atom stereocenters. The number of aliphatic hydroxyl groups excluding tert-OH is 3. The van der Waals surface area contributed by atoms with E-state index in [1.165, 1.54) is 17.1 Å². The second-order valence-electron chi connectivity index (χ2n) is 15.0. The van der Waals surface area contributed by atoms with Gasteiger partial charge in [0.25, 0.3) is 5.56 Å². The number of nitrogens with zero attached hydrogens (tertiary/aromatic N) is 4. The predicted molar refractivity (Wildman–Crippen MR) is 172 cm³/mol. The summed E-state index contributed by atoms with van der Waals surface area (Å²) in [5.74, 6) is -0.784. The number of nitrogens with one attached hydrogen (secondary N) is 1. The summed E-state index contributed by atoms with van der Waals surface area (Å²) in [5, 5.41) is 40.3.